The lowest BCUT2D eigenvalue weighted by Crippen LogP contribution is -2.32. The molecule has 7 nitrogen and oxygen atoms in total. The van der Waals surface area contributed by atoms with Crippen LogP contribution in [-0.4, -0.2) is 27.3 Å². The lowest BCUT2D eigenvalue weighted by Gasteiger charge is -2.27. The van der Waals surface area contributed by atoms with Gasteiger partial charge in [0.2, 0.25) is 0 Å². The molecule has 0 aromatic carbocycles. The number of hydrogen-bond acceptors (Lipinski definition) is 7. The van der Waals surface area contributed by atoms with Crippen LogP contribution in [0.1, 0.15) is 41.9 Å². The molecule has 0 bridgehead atoms. The van der Waals surface area contributed by atoms with Crippen molar-refractivity contribution in [3.8, 4) is 0 Å². The highest BCUT2D eigenvalue weighted by atomic mass is 32.1. The molecule has 2 heterocycles. The first kappa shape index (κ1) is 16.7. The first-order valence-electron chi connectivity index (χ1n) is 8.03. The van der Waals surface area contributed by atoms with Gasteiger partial charge in [0.1, 0.15) is 5.00 Å². The summed E-state index contributed by atoms with van der Waals surface area (Å²) in [6.45, 7) is 1.92. The highest BCUT2D eigenvalue weighted by Gasteiger charge is 2.19. The lowest BCUT2D eigenvalue weighted by atomic mass is 9.92. The van der Waals surface area contributed by atoms with E-state index in [1.54, 1.807) is 6.20 Å². The Balaban J connectivity index is 1.78. The molecule has 3 rings (SSSR count). The van der Waals surface area contributed by atoms with Gasteiger partial charge in [-0.1, -0.05) is 0 Å². The molecule has 0 aliphatic heterocycles. The molecule has 6 N–H and O–H groups in total. The highest BCUT2D eigenvalue weighted by molar-refractivity contribution is 7.10. The molecule has 0 unspecified atom stereocenters. The van der Waals surface area contributed by atoms with Gasteiger partial charge in [0.15, 0.2) is 5.69 Å². The number of amides is 1. The van der Waals surface area contributed by atoms with E-state index in [0.29, 0.717) is 17.8 Å². The molecule has 2 aromatic heterocycles. The summed E-state index contributed by atoms with van der Waals surface area (Å²) < 4.78 is 4.23. The van der Waals surface area contributed by atoms with E-state index in [0.717, 1.165) is 42.1 Å². The van der Waals surface area contributed by atoms with E-state index in [-0.39, 0.29) is 5.69 Å². The van der Waals surface area contributed by atoms with E-state index in [2.05, 4.69) is 20.0 Å². The molecule has 1 saturated carbocycles. The Hall–Kier alpha value is -2.19. The van der Waals surface area contributed by atoms with Crippen molar-refractivity contribution < 1.29 is 4.79 Å². The number of carbonyl (C=O) groups is 1. The summed E-state index contributed by atoms with van der Waals surface area (Å²) in [5.74, 6) is -0.561. The van der Waals surface area contributed by atoms with E-state index in [1.807, 2.05) is 19.1 Å². The SMILES string of the molecule is Cc1cc(Nc2cc(N[C@H]3CC[C@@H](N)CC3)cnc2C(N)=O)sn1. The Morgan fingerprint density at radius 3 is 2.67 bits per heavy atom. The first-order chi connectivity index (χ1) is 11.5. The quantitative estimate of drug-likeness (QED) is 0.660. The van der Waals surface area contributed by atoms with Crippen molar-refractivity contribution in [2.24, 2.45) is 11.5 Å². The van der Waals surface area contributed by atoms with Gasteiger partial charge in [-0.25, -0.2) is 4.98 Å². The summed E-state index contributed by atoms with van der Waals surface area (Å²) in [6.07, 6.45) is 5.77. The smallest absolute Gasteiger partial charge is 0.269 e. The van der Waals surface area contributed by atoms with Crippen molar-refractivity contribution in [3.63, 3.8) is 0 Å². The predicted molar refractivity (Wildman–Crippen MR) is 96.7 cm³/mol. The summed E-state index contributed by atoms with van der Waals surface area (Å²) in [7, 11) is 0. The van der Waals surface area contributed by atoms with Crippen LogP contribution in [0.4, 0.5) is 16.4 Å². The van der Waals surface area contributed by atoms with Crippen LogP contribution in [0.15, 0.2) is 18.3 Å². The largest absolute Gasteiger partial charge is 0.381 e. The fourth-order valence-corrected chi connectivity index (χ4v) is 3.56. The highest BCUT2D eigenvalue weighted by Crippen LogP contribution is 2.27. The van der Waals surface area contributed by atoms with Crippen LogP contribution in [0.3, 0.4) is 0 Å². The summed E-state index contributed by atoms with van der Waals surface area (Å²) in [5, 5.41) is 7.51. The van der Waals surface area contributed by atoms with Crippen molar-refractivity contribution in [1.82, 2.24) is 9.36 Å². The third-order valence-electron chi connectivity index (χ3n) is 4.15. The summed E-state index contributed by atoms with van der Waals surface area (Å²) >= 11 is 1.33. The number of nitrogens with zero attached hydrogens (tertiary/aromatic N) is 2. The number of pyridine rings is 1. The maximum Gasteiger partial charge on any atom is 0.269 e. The first-order valence-corrected chi connectivity index (χ1v) is 8.81. The minimum atomic E-state index is -0.561. The molecular formula is C16H22N6OS. The molecule has 1 aliphatic carbocycles. The minimum Gasteiger partial charge on any atom is -0.381 e. The third kappa shape index (κ3) is 4.01. The van der Waals surface area contributed by atoms with Crippen LogP contribution < -0.4 is 22.1 Å². The van der Waals surface area contributed by atoms with Gasteiger partial charge in [0, 0.05) is 12.1 Å². The molecule has 1 fully saturated rings. The predicted octanol–water partition coefficient (Wildman–Crippen LogP) is 2.37. The topological polar surface area (TPSA) is 119 Å². The van der Waals surface area contributed by atoms with Gasteiger partial charge in [-0.3, -0.25) is 4.79 Å². The number of nitrogens with one attached hydrogen (secondary N) is 2. The Morgan fingerprint density at radius 1 is 1.29 bits per heavy atom. The second kappa shape index (κ2) is 7.14. The van der Waals surface area contributed by atoms with Gasteiger partial charge >= 0.3 is 0 Å². The van der Waals surface area contributed by atoms with Crippen molar-refractivity contribution in [3.05, 3.63) is 29.7 Å². The fourth-order valence-electron chi connectivity index (χ4n) is 2.89. The maximum atomic E-state index is 11.6. The van der Waals surface area contributed by atoms with E-state index >= 15 is 0 Å². The Kier molecular flexibility index (Phi) is 4.96. The standard InChI is InChI=1S/C16H22N6OS/c1-9-6-14(24-22-9)21-13-7-12(8-19-15(13)16(18)23)20-11-4-2-10(17)3-5-11/h6-8,10-11,20-21H,2-5,17H2,1H3,(H2,18,23)/t10-,11+. The third-order valence-corrected chi connectivity index (χ3v) is 4.95. The molecule has 2 aromatic rings. The van der Waals surface area contributed by atoms with Crippen LogP contribution in [0.25, 0.3) is 0 Å². The molecule has 128 valence electrons. The van der Waals surface area contributed by atoms with Gasteiger partial charge < -0.3 is 22.1 Å². The average Bonchev–Trinajstić information content (AvgIpc) is 2.94. The molecule has 1 amide bonds. The second-order valence-corrected chi connectivity index (χ2v) is 7.00. The van der Waals surface area contributed by atoms with Crippen molar-refractivity contribution in [2.45, 2.75) is 44.7 Å². The molecular weight excluding hydrogens is 324 g/mol. The van der Waals surface area contributed by atoms with Crippen LogP contribution in [0.2, 0.25) is 0 Å². The molecule has 8 heteroatoms. The Labute approximate surface area is 145 Å². The van der Waals surface area contributed by atoms with E-state index in [4.69, 9.17) is 11.5 Å². The van der Waals surface area contributed by atoms with Crippen LogP contribution in [-0.2, 0) is 0 Å². The van der Waals surface area contributed by atoms with Gasteiger partial charge in [-0.05, 0) is 56.3 Å². The summed E-state index contributed by atoms with van der Waals surface area (Å²) in [6, 6.07) is 4.48. The number of anilines is 3. The Bertz CT molecular complexity index is 723. The summed E-state index contributed by atoms with van der Waals surface area (Å²) in [4.78, 5) is 15.8. The summed E-state index contributed by atoms with van der Waals surface area (Å²) in [5.41, 5.74) is 14.0. The molecule has 0 atom stereocenters. The van der Waals surface area contributed by atoms with E-state index in [9.17, 15) is 4.79 Å². The van der Waals surface area contributed by atoms with Crippen LogP contribution >= 0.6 is 11.5 Å². The lowest BCUT2D eigenvalue weighted by molar-refractivity contribution is 0.0996. The van der Waals surface area contributed by atoms with Gasteiger partial charge in [-0.15, -0.1) is 0 Å². The monoisotopic (exact) mass is 346 g/mol. The number of rotatable bonds is 5. The molecule has 0 radical (unpaired) electrons. The fraction of sp³-hybridized carbons (Fsp3) is 0.438. The Morgan fingerprint density at radius 2 is 2.04 bits per heavy atom. The van der Waals surface area contributed by atoms with Gasteiger partial charge in [-0.2, -0.15) is 4.37 Å². The second-order valence-electron chi connectivity index (χ2n) is 6.20. The molecule has 1 aliphatic rings. The normalized spacial score (nSPS) is 20.6. The van der Waals surface area contributed by atoms with Gasteiger partial charge in [0.25, 0.3) is 5.91 Å². The van der Waals surface area contributed by atoms with E-state index in [1.165, 1.54) is 11.5 Å². The van der Waals surface area contributed by atoms with Crippen molar-refractivity contribution in [2.75, 3.05) is 10.6 Å². The zero-order chi connectivity index (χ0) is 17.1. The number of aryl methyl sites for hydroxylation is 1. The zero-order valence-electron chi connectivity index (χ0n) is 13.6. The zero-order valence-corrected chi connectivity index (χ0v) is 14.4. The minimum absolute atomic E-state index is 0.220. The van der Waals surface area contributed by atoms with Crippen molar-refractivity contribution >= 4 is 33.8 Å². The van der Waals surface area contributed by atoms with Gasteiger partial charge in [0.05, 0.1) is 23.3 Å². The number of nitrogens with two attached hydrogens (primary N) is 2. The van der Waals surface area contributed by atoms with E-state index < -0.39 is 5.91 Å². The molecule has 24 heavy (non-hydrogen) atoms. The van der Waals surface area contributed by atoms with Crippen LogP contribution in [0.5, 0.6) is 0 Å². The molecule has 0 spiro atoms. The average molecular weight is 346 g/mol. The number of carbonyl (C=O) groups excluding carboxylic acids is 1. The number of aromatic nitrogens is 2. The van der Waals surface area contributed by atoms with Crippen molar-refractivity contribution in [1.29, 1.82) is 0 Å². The molecule has 0 saturated heterocycles. The number of hydrogen-bond donors (Lipinski definition) is 4. The van der Waals surface area contributed by atoms with Crippen LogP contribution in [0, 0.1) is 6.92 Å². The maximum absolute atomic E-state index is 11.6. The number of primary amides is 1.